The molecular weight excluding hydrogens is 386 g/mol. The maximum Gasteiger partial charge on any atom is 0.411 e. The molecular formula is C22H27N3O3S. The van der Waals surface area contributed by atoms with Crippen LogP contribution in [0.4, 0.5) is 21.9 Å². The molecule has 0 saturated heterocycles. The molecule has 1 N–H and O–H groups in total. The molecule has 1 aliphatic rings. The molecule has 0 aliphatic carbocycles. The van der Waals surface area contributed by atoms with Crippen LogP contribution in [0.15, 0.2) is 52.3 Å². The number of carbonyl (C=O) groups is 2. The minimum atomic E-state index is -0.509. The highest BCUT2D eigenvalue weighted by Crippen LogP contribution is 2.49. The van der Waals surface area contributed by atoms with Crippen molar-refractivity contribution in [3.63, 3.8) is 0 Å². The number of hydrogen-bond acceptors (Lipinski definition) is 5. The van der Waals surface area contributed by atoms with Gasteiger partial charge in [-0.15, -0.1) is 0 Å². The van der Waals surface area contributed by atoms with Crippen molar-refractivity contribution in [3.05, 3.63) is 42.5 Å². The Morgan fingerprint density at radius 3 is 2.45 bits per heavy atom. The second-order valence-corrected chi connectivity index (χ2v) is 7.75. The fourth-order valence-electron chi connectivity index (χ4n) is 3.47. The van der Waals surface area contributed by atoms with E-state index in [9.17, 15) is 9.59 Å². The molecule has 1 aliphatic heterocycles. The summed E-state index contributed by atoms with van der Waals surface area (Å²) in [7, 11) is 0. The van der Waals surface area contributed by atoms with Crippen molar-refractivity contribution in [2.45, 2.75) is 43.5 Å². The Morgan fingerprint density at radius 1 is 1.07 bits per heavy atom. The third-order valence-electron chi connectivity index (χ3n) is 4.99. The van der Waals surface area contributed by atoms with Crippen LogP contribution in [0.1, 0.15) is 27.7 Å². The van der Waals surface area contributed by atoms with Crippen LogP contribution in [0.25, 0.3) is 0 Å². The average molecular weight is 414 g/mol. The number of carbonyl (C=O) groups excluding carboxylic acids is 2. The third-order valence-corrected chi connectivity index (χ3v) is 6.12. The van der Waals surface area contributed by atoms with Gasteiger partial charge in [0.05, 0.1) is 24.0 Å². The number of anilines is 3. The second-order valence-electron chi connectivity index (χ2n) is 6.67. The molecule has 2 aromatic rings. The van der Waals surface area contributed by atoms with E-state index in [1.807, 2.05) is 49.4 Å². The van der Waals surface area contributed by atoms with Gasteiger partial charge in [-0.25, -0.2) is 4.79 Å². The molecule has 29 heavy (non-hydrogen) atoms. The molecule has 0 aromatic heterocycles. The monoisotopic (exact) mass is 413 g/mol. The van der Waals surface area contributed by atoms with E-state index >= 15 is 0 Å². The number of benzene rings is 2. The molecule has 2 aromatic carbocycles. The van der Waals surface area contributed by atoms with Gasteiger partial charge in [0.25, 0.3) is 0 Å². The van der Waals surface area contributed by atoms with Crippen molar-refractivity contribution in [2.75, 3.05) is 29.9 Å². The first-order valence-corrected chi connectivity index (χ1v) is 10.7. The van der Waals surface area contributed by atoms with Crippen molar-refractivity contribution in [1.29, 1.82) is 0 Å². The van der Waals surface area contributed by atoms with Gasteiger partial charge in [0.15, 0.2) is 0 Å². The minimum absolute atomic E-state index is 0.0102. The standard InChI is InChI=1S/C22H27N3O3S/c1-5-24(6-2)15(4)21(26)25-17-10-8-9-11-19(17)29-20-13-12-16(14-18(20)25)23-22(27)28-7-3/h8-15H,5-7H2,1-4H3,(H,23,27). The van der Waals surface area contributed by atoms with Crippen LogP contribution in [0.5, 0.6) is 0 Å². The van der Waals surface area contributed by atoms with E-state index in [4.69, 9.17) is 4.74 Å². The molecule has 3 rings (SSSR count). The summed E-state index contributed by atoms with van der Waals surface area (Å²) in [5.74, 6) is 0.0102. The fraction of sp³-hybridized carbons (Fsp3) is 0.364. The molecule has 154 valence electrons. The smallest absolute Gasteiger partial charge is 0.411 e. The van der Waals surface area contributed by atoms with Gasteiger partial charge in [-0.1, -0.05) is 37.7 Å². The molecule has 0 bridgehead atoms. The largest absolute Gasteiger partial charge is 0.450 e. The summed E-state index contributed by atoms with van der Waals surface area (Å²) < 4.78 is 4.98. The summed E-state index contributed by atoms with van der Waals surface area (Å²) in [4.78, 5) is 31.3. The highest BCUT2D eigenvalue weighted by Gasteiger charge is 2.32. The Hall–Kier alpha value is -2.51. The Kier molecular flexibility index (Phi) is 6.82. The zero-order chi connectivity index (χ0) is 21.0. The first kappa shape index (κ1) is 21.2. The van der Waals surface area contributed by atoms with Crippen LogP contribution in [-0.2, 0) is 9.53 Å². The lowest BCUT2D eigenvalue weighted by Gasteiger charge is -2.35. The van der Waals surface area contributed by atoms with E-state index in [0.717, 1.165) is 34.3 Å². The van der Waals surface area contributed by atoms with Gasteiger partial charge >= 0.3 is 6.09 Å². The normalized spacial score (nSPS) is 13.5. The van der Waals surface area contributed by atoms with E-state index in [0.29, 0.717) is 12.3 Å². The zero-order valence-electron chi connectivity index (χ0n) is 17.3. The molecule has 1 unspecified atom stereocenters. The van der Waals surface area contributed by atoms with E-state index < -0.39 is 6.09 Å². The third kappa shape index (κ3) is 4.41. The lowest BCUT2D eigenvalue weighted by molar-refractivity contribution is -0.122. The van der Waals surface area contributed by atoms with E-state index in [1.54, 1.807) is 23.6 Å². The number of rotatable bonds is 6. The average Bonchev–Trinajstić information content (AvgIpc) is 2.72. The lowest BCUT2D eigenvalue weighted by Crippen LogP contribution is -2.46. The number of nitrogens with one attached hydrogen (secondary N) is 1. The number of ether oxygens (including phenoxy) is 1. The molecule has 6 nitrogen and oxygen atoms in total. The Morgan fingerprint density at radius 2 is 1.76 bits per heavy atom. The summed E-state index contributed by atoms with van der Waals surface area (Å²) >= 11 is 1.62. The first-order valence-electron chi connectivity index (χ1n) is 9.92. The van der Waals surface area contributed by atoms with Gasteiger partial charge in [0.2, 0.25) is 5.91 Å². The molecule has 0 spiro atoms. The Bertz CT molecular complexity index is 899. The van der Waals surface area contributed by atoms with E-state index in [-0.39, 0.29) is 11.9 Å². The number of amides is 2. The first-order chi connectivity index (χ1) is 14.0. The van der Waals surface area contributed by atoms with Crippen LogP contribution in [0, 0.1) is 0 Å². The van der Waals surface area contributed by atoms with Gasteiger partial charge in [0, 0.05) is 15.5 Å². The van der Waals surface area contributed by atoms with Gasteiger partial charge in [-0.05, 0) is 57.3 Å². The Labute approximate surface area is 176 Å². The topological polar surface area (TPSA) is 61.9 Å². The van der Waals surface area contributed by atoms with Crippen molar-refractivity contribution in [3.8, 4) is 0 Å². The summed E-state index contributed by atoms with van der Waals surface area (Å²) in [6, 6.07) is 13.2. The maximum absolute atomic E-state index is 13.6. The number of fused-ring (bicyclic) bond motifs is 2. The maximum atomic E-state index is 13.6. The SMILES string of the molecule is CCOC(=O)Nc1ccc2c(c1)N(C(=O)C(C)N(CC)CC)c1ccccc1S2. The second kappa shape index (κ2) is 9.33. The molecule has 1 atom stereocenters. The van der Waals surface area contributed by atoms with Crippen LogP contribution in [0.3, 0.4) is 0 Å². The van der Waals surface area contributed by atoms with Crippen molar-refractivity contribution < 1.29 is 14.3 Å². The zero-order valence-corrected chi connectivity index (χ0v) is 18.1. The van der Waals surface area contributed by atoms with Crippen LogP contribution in [-0.4, -0.2) is 42.6 Å². The molecule has 1 heterocycles. The highest BCUT2D eigenvalue weighted by molar-refractivity contribution is 7.99. The van der Waals surface area contributed by atoms with E-state index in [1.165, 1.54) is 0 Å². The summed E-state index contributed by atoms with van der Waals surface area (Å²) in [6.07, 6.45) is -0.509. The van der Waals surface area contributed by atoms with Gasteiger partial charge < -0.3 is 4.74 Å². The molecule has 0 fully saturated rings. The Balaban J connectivity index is 2.03. The highest BCUT2D eigenvalue weighted by atomic mass is 32.2. The fourth-order valence-corrected chi connectivity index (χ4v) is 4.51. The molecule has 2 amide bonds. The summed E-state index contributed by atoms with van der Waals surface area (Å²) in [5.41, 5.74) is 2.23. The van der Waals surface area contributed by atoms with Crippen LogP contribution >= 0.6 is 11.8 Å². The molecule has 7 heteroatoms. The predicted molar refractivity (Wildman–Crippen MR) is 117 cm³/mol. The van der Waals surface area contributed by atoms with Crippen LogP contribution in [0.2, 0.25) is 0 Å². The quantitative estimate of drug-likeness (QED) is 0.713. The van der Waals surface area contributed by atoms with Gasteiger partial charge in [-0.2, -0.15) is 0 Å². The van der Waals surface area contributed by atoms with Crippen molar-refractivity contribution in [1.82, 2.24) is 4.90 Å². The van der Waals surface area contributed by atoms with Crippen LogP contribution < -0.4 is 10.2 Å². The number of nitrogens with zero attached hydrogens (tertiary/aromatic N) is 2. The van der Waals surface area contributed by atoms with Crippen molar-refractivity contribution in [2.24, 2.45) is 0 Å². The predicted octanol–water partition coefficient (Wildman–Crippen LogP) is 5.11. The number of hydrogen-bond donors (Lipinski definition) is 1. The van der Waals surface area contributed by atoms with Crippen molar-refractivity contribution >= 4 is 40.8 Å². The van der Waals surface area contributed by atoms with Gasteiger partial charge in [0.1, 0.15) is 0 Å². The summed E-state index contributed by atoms with van der Waals surface area (Å²) in [5, 5.41) is 2.73. The lowest BCUT2D eigenvalue weighted by atomic mass is 10.1. The summed E-state index contributed by atoms with van der Waals surface area (Å²) in [6.45, 7) is 9.71. The minimum Gasteiger partial charge on any atom is -0.450 e. The van der Waals surface area contributed by atoms with Gasteiger partial charge in [-0.3, -0.25) is 19.9 Å². The molecule has 0 radical (unpaired) electrons. The number of likely N-dealkylation sites (N-methyl/N-ethyl adjacent to an activating group) is 1. The van der Waals surface area contributed by atoms with E-state index in [2.05, 4.69) is 24.1 Å². The molecule has 0 saturated carbocycles. The number of para-hydroxylation sites is 1.